The first-order valence-electron chi connectivity index (χ1n) is 6.30. The number of hydrogen-bond acceptors (Lipinski definition) is 5. The summed E-state index contributed by atoms with van der Waals surface area (Å²) in [6.45, 7) is 6.16. The standard InChI is InChI=1S/C13H21ClN2O3/c1-10(2)13-15-9-12(11(8-14)16-13)19-7-6-18-5-4-17-3/h9-10H,4-8H2,1-3H3. The highest BCUT2D eigenvalue weighted by atomic mass is 35.5. The third-order valence-corrected chi connectivity index (χ3v) is 2.66. The van der Waals surface area contributed by atoms with Gasteiger partial charge in [0.2, 0.25) is 0 Å². The minimum absolute atomic E-state index is 0.272. The maximum absolute atomic E-state index is 5.87. The van der Waals surface area contributed by atoms with Gasteiger partial charge in [-0.3, -0.25) is 0 Å². The molecule has 0 bridgehead atoms. The van der Waals surface area contributed by atoms with Crippen LogP contribution in [0.5, 0.6) is 5.75 Å². The monoisotopic (exact) mass is 288 g/mol. The lowest BCUT2D eigenvalue weighted by atomic mass is 10.2. The van der Waals surface area contributed by atoms with Crippen molar-refractivity contribution in [1.82, 2.24) is 9.97 Å². The zero-order chi connectivity index (χ0) is 14.1. The van der Waals surface area contributed by atoms with Gasteiger partial charge in [-0.15, -0.1) is 11.6 Å². The van der Waals surface area contributed by atoms with Gasteiger partial charge in [0, 0.05) is 13.0 Å². The smallest absolute Gasteiger partial charge is 0.160 e. The van der Waals surface area contributed by atoms with Gasteiger partial charge in [-0.25, -0.2) is 9.97 Å². The highest BCUT2D eigenvalue weighted by Crippen LogP contribution is 2.19. The van der Waals surface area contributed by atoms with E-state index in [-0.39, 0.29) is 5.92 Å². The first kappa shape index (κ1) is 16.1. The van der Waals surface area contributed by atoms with Crippen LogP contribution in [0.15, 0.2) is 6.20 Å². The summed E-state index contributed by atoms with van der Waals surface area (Å²) in [5, 5.41) is 0. The van der Waals surface area contributed by atoms with Crippen molar-refractivity contribution in [3.63, 3.8) is 0 Å². The predicted octanol–water partition coefficient (Wildman–Crippen LogP) is 2.38. The lowest BCUT2D eigenvalue weighted by molar-refractivity contribution is 0.0541. The van der Waals surface area contributed by atoms with Crippen molar-refractivity contribution in [1.29, 1.82) is 0 Å². The zero-order valence-electron chi connectivity index (χ0n) is 11.7. The van der Waals surface area contributed by atoms with Crippen LogP contribution in [0.4, 0.5) is 0 Å². The molecule has 0 amide bonds. The molecule has 0 spiro atoms. The molecule has 1 aromatic heterocycles. The highest BCUT2D eigenvalue weighted by Gasteiger charge is 2.09. The van der Waals surface area contributed by atoms with E-state index >= 15 is 0 Å². The van der Waals surface area contributed by atoms with Crippen LogP contribution in [-0.2, 0) is 15.4 Å². The largest absolute Gasteiger partial charge is 0.488 e. The van der Waals surface area contributed by atoms with Crippen molar-refractivity contribution in [3.8, 4) is 5.75 Å². The molecule has 0 saturated heterocycles. The Morgan fingerprint density at radius 2 is 1.95 bits per heavy atom. The Morgan fingerprint density at radius 3 is 2.58 bits per heavy atom. The number of hydrogen-bond donors (Lipinski definition) is 0. The van der Waals surface area contributed by atoms with E-state index in [4.69, 9.17) is 25.8 Å². The fourth-order valence-corrected chi connectivity index (χ4v) is 1.56. The van der Waals surface area contributed by atoms with Crippen LogP contribution < -0.4 is 4.74 Å². The van der Waals surface area contributed by atoms with E-state index in [2.05, 4.69) is 9.97 Å². The molecule has 5 nitrogen and oxygen atoms in total. The molecular weight excluding hydrogens is 268 g/mol. The first-order valence-corrected chi connectivity index (χ1v) is 6.83. The Hall–Kier alpha value is -0.910. The second-order valence-corrected chi connectivity index (χ2v) is 4.55. The number of halogens is 1. The number of aromatic nitrogens is 2. The molecule has 19 heavy (non-hydrogen) atoms. The summed E-state index contributed by atoms with van der Waals surface area (Å²) < 4.78 is 15.8. The normalized spacial score (nSPS) is 11.0. The van der Waals surface area contributed by atoms with Gasteiger partial charge in [0.25, 0.3) is 0 Å². The van der Waals surface area contributed by atoms with E-state index in [1.165, 1.54) is 0 Å². The summed E-state index contributed by atoms with van der Waals surface area (Å²) in [7, 11) is 1.64. The van der Waals surface area contributed by atoms with Crippen LogP contribution in [0.25, 0.3) is 0 Å². The molecule has 0 radical (unpaired) electrons. The number of rotatable bonds is 9. The quantitative estimate of drug-likeness (QED) is 0.516. The summed E-state index contributed by atoms with van der Waals surface area (Å²) in [4.78, 5) is 8.65. The maximum Gasteiger partial charge on any atom is 0.160 e. The molecule has 1 heterocycles. The Bertz CT molecular complexity index is 375. The number of ether oxygens (including phenoxy) is 3. The van der Waals surface area contributed by atoms with Gasteiger partial charge >= 0.3 is 0 Å². The molecule has 0 atom stereocenters. The Balaban J connectivity index is 2.44. The molecule has 0 saturated carbocycles. The molecule has 0 N–H and O–H groups in total. The molecule has 0 aliphatic rings. The van der Waals surface area contributed by atoms with Crippen molar-refractivity contribution in [3.05, 3.63) is 17.7 Å². The molecule has 0 fully saturated rings. The van der Waals surface area contributed by atoms with Crippen LogP contribution in [0.1, 0.15) is 31.3 Å². The van der Waals surface area contributed by atoms with Gasteiger partial charge in [0.15, 0.2) is 5.75 Å². The van der Waals surface area contributed by atoms with Gasteiger partial charge < -0.3 is 14.2 Å². The summed E-state index contributed by atoms with van der Waals surface area (Å²) >= 11 is 5.87. The van der Waals surface area contributed by atoms with Crippen LogP contribution in [0, 0.1) is 0 Å². The van der Waals surface area contributed by atoms with Crippen LogP contribution in [-0.4, -0.2) is 43.5 Å². The molecule has 1 rings (SSSR count). The van der Waals surface area contributed by atoms with Gasteiger partial charge in [-0.1, -0.05) is 13.8 Å². The second-order valence-electron chi connectivity index (χ2n) is 4.28. The average Bonchev–Trinajstić information content (AvgIpc) is 2.42. The fourth-order valence-electron chi connectivity index (χ4n) is 1.37. The number of alkyl halides is 1. The lowest BCUT2D eigenvalue weighted by Crippen LogP contribution is -2.12. The average molecular weight is 289 g/mol. The zero-order valence-corrected chi connectivity index (χ0v) is 12.4. The summed E-state index contributed by atoms with van der Waals surface area (Å²) in [6.07, 6.45) is 1.68. The SMILES string of the molecule is COCCOCCOc1cnc(C(C)C)nc1CCl. The van der Waals surface area contributed by atoms with Gasteiger partial charge in [-0.2, -0.15) is 0 Å². The van der Waals surface area contributed by atoms with E-state index in [1.807, 2.05) is 13.8 Å². The van der Waals surface area contributed by atoms with E-state index in [0.717, 1.165) is 11.5 Å². The van der Waals surface area contributed by atoms with E-state index in [9.17, 15) is 0 Å². The molecule has 1 aromatic rings. The number of nitrogens with zero attached hydrogens (tertiary/aromatic N) is 2. The highest BCUT2D eigenvalue weighted by molar-refractivity contribution is 6.17. The van der Waals surface area contributed by atoms with E-state index in [0.29, 0.717) is 38.1 Å². The molecule has 0 unspecified atom stereocenters. The van der Waals surface area contributed by atoms with Crippen LogP contribution in [0.3, 0.4) is 0 Å². The van der Waals surface area contributed by atoms with E-state index in [1.54, 1.807) is 13.3 Å². The molecule has 0 aliphatic carbocycles. The third-order valence-electron chi connectivity index (χ3n) is 2.41. The summed E-state index contributed by atoms with van der Waals surface area (Å²) in [5.74, 6) is 1.98. The summed E-state index contributed by atoms with van der Waals surface area (Å²) in [5.41, 5.74) is 0.720. The Labute approximate surface area is 119 Å². The fraction of sp³-hybridized carbons (Fsp3) is 0.692. The van der Waals surface area contributed by atoms with Crippen molar-refractivity contribution in [2.45, 2.75) is 25.6 Å². The van der Waals surface area contributed by atoms with Gasteiger partial charge in [-0.05, 0) is 0 Å². The molecule has 108 valence electrons. The Morgan fingerprint density at radius 1 is 1.21 bits per heavy atom. The van der Waals surface area contributed by atoms with Crippen molar-refractivity contribution < 1.29 is 14.2 Å². The molecule has 6 heteroatoms. The predicted molar refractivity (Wildman–Crippen MR) is 73.9 cm³/mol. The second kappa shape index (κ2) is 9.07. The topological polar surface area (TPSA) is 53.5 Å². The van der Waals surface area contributed by atoms with Crippen LogP contribution in [0.2, 0.25) is 0 Å². The lowest BCUT2D eigenvalue weighted by Gasteiger charge is -2.11. The van der Waals surface area contributed by atoms with Crippen LogP contribution >= 0.6 is 11.6 Å². The third kappa shape index (κ3) is 5.72. The van der Waals surface area contributed by atoms with E-state index < -0.39 is 0 Å². The maximum atomic E-state index is 5.87. The van der Waals surface area contributed by atoms with Gasteiger partial charge in [0.1, 0.15) is 18.1 Å². The van der Waals surface area contributed by atoms with Crippen molar-refractivity contribution in [2.75, 3.05) is 33.5 Å². The van der Waals surface area contributed by atoms with Crippen molar-refractivity contribution >= 4 is 11.6 Å². The van der Waals surface area contributed by atoms with Gasteiger partial charge in [0.05, 0.1) is 31.9 Å². The number of methoxy groups -OCH3 is 1. The first-order chi connectivity index (χ1) is 9.19. The Kier molecular flexibility index (Phi) is 7.70. The molecule has 0 aromatic carbocycles. The molecular formula is C13H21ClN2O3. The summed E-state index contributed by atoms with van der Waals surface area (Å²) in [6, 6.07) is 0. The van der Waals surface area contributed by atoms with Crippen molar-refractivity contribution in [2.24, 2.45) is 0 Å². The minimum Gasteiger partial charge on any atom is -0.488 e. The molecule has 0 aliphatic heterocycles. The minimum atomic E-state index is 0.272.